The summed E-state index contributed by atoms with van der Waals surface area (Å²) >= 11 is 0. The SMILES string of the molecule is COc1ccccc1Oc1cc(C#N)ccc1[C@H](C)O. The molecule has 0 saturated heterocycles. The number of ether oxygens (including phenoxy) is 2. The van der Waals surface area contributed by atoms with Gasteiger partial charge in [0, 0.05) is 5.56 Å². The summed E-state index contributed by atoms with van der Waals surface area (Å²) in [5.41, 5.74) is 1.09. The number of methoxy groups -OCH3 is 1. The van der Waals surface area contributed by atoms with Crippen molar-refractivity contribution in [2.45, 2.75) is 13.0 Å². The normalized spacial score (nSPS) is 11.5. The van der Waals surface area contributed by atoms with Gasteiger partial charge in [0.2, 0.25) is 0 Å². The number of hydrogen-bond acceptors (Lipinski definition) is 4. The highest BCUT2D eigenvalue weighted by Crippen LogP contribution is 2.35. The molecular weight excluding hydrogens is 254 g/mol. The van der Waals surface area contributed by atoms with Gasteiger partial charge >= 0.3 is 0 Å². The number of para-hydroxylation sites is 2. The maximum absolute atomic E-state index is 9.78. The summed E-state index contributed by atoms with van der Waals surface area (Å²) in [4.78, 5) is 0. The summed E-state index contributed by atoms with van der Waals surface area (Å²) in [6.45, 7) is 1.65. The summed E-state index contributed by atoms with van der Waals surface area (Å²) in [5.74, 6) is 1.57. The van der Waals surface area contributed by atoms with E-state index in [4.69, 9.17) is 14.7 Å². The highest BCUT2D eigenvalue weighted by atomic mass is 16.5. The third kappa shape index (κ3) is 2.90. The lowest BCUT2D eigenvalue weighted by Crippen LogP contribution is -1.98. The van der Waals surface area contributed by atoms with Crippen molar-refractivity contribution < 1.29 is 14.6 Å². The molecule has 0 spiro atoms. The van der Waals surface area contributed by atoms with Crippen molar-refractivity contribution in [3.63, 3.8) is 0 Å². The number of aliphatic hydroxyl groups is 1. The molecule has 1 N–H and O–H groups in total. The van der Waals surface area contributed by atoms with Gasteiger partial charge in [-0.1, -0.05) is 18.2 Å². The number of aliphatic hydroxyl groups excluding tert-OH is 1. The first-order valence-corrected chi connectivity index (χ1v) is 6.18. The summed E-state index contributed by atoms with van der Waals surface area (Å²) in [6, 6.07) is 14.2. The van der Waals surface area contributed by atoms with E-state index in [0.29, 0.717) is 28.4 Å². The van der Waals surface area contributed by atoms with Crippen molar-refractivity contribution in [3.8, 4) is 23.3 Å². The Kier molecular flexibility index (Phi) is 4.24. The van der Waals surface area contributed by atoms with Crippen LogP contribution >= 0.6 is 0 Å². The topological polar surface area (TPSA) is 62.5 Å². The van der Waals surface area contributed by atoms with Crippen LogP contribution in [-0.4, -0.2) is 12.2 Å². The van der Waals surface area contributed by atoms with Gasteiger partial charge in [-0.05, 0) is 31.2 Å². The van der Waals surface area contributed by atoms with Gasteiger partial charge in [-0.3, -0.25) is 0 Å². The minimum absolute atomic E-state index is 0.448. The van der Waals surface area contributed by atoms with Crippen LogP contribution in [0.1, 0.15) is 24.2 Å². The number of benzene rings is 2. The van der Waals surface area contributed by atoms with Gasteiger partial charge in [-0.2, -0.15) is 5.26 Å². The van der Waals surface area contributed by atoms with Gasteiger partial charge < -0.3 is 14.6 Å². The fraction of sp³-hybridized carbons (Fsp3) is 0.188. The molecule has 4 nitrogen and oxygen atoms in total. The fourth-order valence-electron chi connectivity index (χ4n) is 1.86. The van der Waals surface area contributed by atoms with Crippen molar-refractivity contribution in [2.24, 2.45) is 0 Å². The highest BCUT2D eigenvalue weighted by molar-refractivity contribution is 5.48. The Labute approximate surface area is 117 Å². The zero-order valence-corrected chi connectivity index (χ0v) is 11.3. The lowest BCUT2D eigenvalue weighted by atomic mass is 10.1. The molecule has 1 atom stereocenters. The van der Waals surface area contributed by atoms with Gasteiger partial charge in [0.1, 0.15) is 5.75 Å². The Balaban J connectivity index is 2.44. The maximum atomic E-state index is 9.78. The van der Waals surface area contributed by atoms with E-state index in [-0.39, 0.29) is 0 Å². The maximum Gasteiger partial charge on any atom is 0.169 e. The van der Waals surface area contributed by atoms with Gasteiger partial charge in [0.25, 0.3) is 0 Å². The lowest BCUT2D eigenvalue weighted by molar-refractivity contribution is 0.195. The molecule has 0 aromatic heterocycles. The molecule has 20 heavy (non-hydrogen) atoms. The molecule has 0 saturated carbocycles. The third-order valence-corrected chi connectivity index (χ3v) is 2.88. The molecule has 0 aliphatic rings. The van der Waals surface area contributed by atoms with Gasteiger partial charge in [-0.25, -0.2) is 0 Å². The first-order valence-electron chi connectivity index (χ1n) is 6.18. The van der Waals surface area contributed by atoms with Gasteiger partial charge in [0.15, 0.2) is 11.5 Å². The summed E-state index contributed by atoms with van der Waals surface area (Å²) in [5, 5.41) is 18.7. The van der Waals surface area contributed by atoms with Crippen LogP contribution in [0.15, 0.2) is 42.5 Å². The van der Waals surface area contributed by atoms with Crippen LogP contribution in [0.3, 0.4) is 0 Å². The first-order chi connectivity index (χ1) is 9.65. The van der Waals surface area contributed by atoms with Crippen LogP contribution in [0.25, 0.3) is 0 Å². The Morgan fingerprint density at radius 2 is 1.80 bits per heavy atom. The predicted molar refractivity (Wildman–Crippen MR) is 74.9 cm³/mol. The van der Waals surface area contributed by atoms with Crippen molar-refractivity contribution >= 4 is 0 Å². The molecular formula is C16H15NO3. The van der Waals surface area contributed by atoms with E-state index in [0.717, 1.165) is 0 Å². The molecule has 0 heterocycles. The van der Waals surface area contributed by atoms with E-state index in [9.17, 15) is 5.11 Å². The van der Waals surface area contributed by atoms with Crippen molar-refractivity contribution in [1.82, 2.24) is 0 Å². The van der Waals surface area contributed by atoms with Gasteiger partial charge in [0.05, 0.1) is 24.8 Å². The standard InChI is InChI=1S/C16H15NO3/c1-11(18)13-8-7-12(10-17)9-16(13)20-15-6-4-3-5-14(15)19-2/h3-9,11,18H,1-2H3/t11-/m0/s1. The average Bonchev–Trinajstić information content (AvgIpc) is 2.47. The van der Waals surface area contributed by atoms with E-state index in [1.54, 1.807) is 44.4 Å². The predicted octanol–water partition coefficient (Wildman–Crippen LogP) is 3.41. The quantitative estimate of drug-likeness (QED) is 0.923. The third-order valence-electron chi connectivity index (χ3n) is 2.88. The van der Waals surface area contributed by atoms with E-state index in [2.05, 4.69) is 6.07 Å². The summed E-state index contributed by atoms with van der Waals surface area (Å²) in [7, 11) is 1.56. The fourth-order valence-corrected chi connectivity index (χ4v) is 1.86. The van der Waals surface area contributed by atoms with E-state index >= 15 is 0 Å². The largest absolute Gasteiger partial charge is 0.493 e. The van der Waals surface area contributed by atoms with Crippen LogP contribution in [0.4, 0.5) is 0 Å². The van der Waals surface area contributed by atoms with Crippen molar-refractivity contribution in [2.75, 3.05) is 7.11 Å². The van der Waals surface area contributed by atoms with Crippen LogP contribution in [0, 0.1) is 11.3 Å². The molecule has 2 rings (SSSR count). The van der Waals surface area contributed by atoms with E-state index < -0.39 is 6.10 Å². The molecule has 102 valence electrons. The number of nitriles is 1. The molecule has 0 aliphatic heterocycles. The second-order valence-electron chi connectivity index (χ2n) is 4.29. The molecule has 4 heteroatoms. The number of nitrogens with zero attached hydrogens (tertiary/aromatic N) is 1. The van der Waals surface area contributed by atoms with Gasteiger partial charge in [-0.15, -0.1) is 0 Å². The second kappa shape index (κ2) is 6.09. The van der Waals surface area contributed by atoms with Crippen LogP contribution < -0.4 is 9.47 Å². The minimum atomic E-state index is -0.688. The molecule has 2 aromatic carbocycles. The molecule has 0 radical (unpaired) electrons. The Morgan fingerprint density at radius 3 is 2.40 bits per heavy atom. The molecule has 0 aliphatic carbocycles. The van der Waals surface area contributed by atoms with Crippen molar-refractivity contribution in [3.05, 3.63) is 53.6 Å². The number of hydrogen-bond donors (Lipinski definition) is 1. The molecule has 0 unspecified atom stereocenters. The molecule has 2 aromatic rings. The Hall–Kier alpha value is -2.51. The molecule has 0 bridgehead atoms. The van der Waals surface area contributed by atoms with E-state index in [1.807, 2.05) is 12.1 Å². The van der Waals surface area contributed by atoms with E-state index in [1.165, 1.54) is 0 Å². The molecule has 0 fully saturated rings. The summed E-state index contributed by atoms with van der Waals surface area (Å²) in [6.07, 6.45) is -0.688. The highest BCUT2D eigenvalue weighted by Gasteiger charge is 2.13. The zero-order chi connectivity index (χ0) is 14.5. The first kappa shape index (κ1) is 13.9. The smallest absolute Gasteiger partial charge is 0.169 e. The zero-order valence-electron chi connectivity index (χ0n) is 11.3. The molecule has 0 amide bonds. The Morgan fingerprint density at radius 1 is 1.10 bits per heavy atom. The Bertz CT molecular complexity index is 644. The lowest BCUT2D eigenvalue weighted by Gasteiger charge is -2.15. The second-order valence-corrected chi connectivity index (χ2v) is 4.29. The minimum Gasteiger partial charge on any atom is -0.493 e. The summed E-state index contributed by atoms with van der Waals surface area (Å²) < 4.78 is 11.0. The van der Waals surface area contributed by atoms with Crippen LogP contribution in [0.5, 0.6) is 17.2 Å². The average molecular weight is 269 g/mol. The van der Waals surface area contributed by atoms with Crippen LogP contribution in [-0.2, 0) is 0 Å². The number of rotatable bonds is 4. The van der Waals surface area contributed by atoms with Crippen molar-refractivity contribution in [1.29, 1.82) is 5.26 Å². The van der Waals surface area contributed by atoms with Crippen LogP contribution in [0.2, 0.25) is 0 Å². The monoisotopic (exact) mass is 269 g/mol.